The molecule has 2 aliphatic rings. The Morgan fingerprint density at radius 2 is 1.84 bits per heavy atom. The van der Waals surface area contributed by atoms with Crippen molar-refractivity contribution < 1.29 is 37.5 Å². The second-order valence-electron chi connectivity index (χ2n) is 8.91. The van der Waals surface area contributed by atoms with Crippen molar-refractivity contribution in [1.29, 1.82) is 0 Å². The standard InChI is InChI=1S/C25H25F3N4O5/c1-29-23(35)30-17-7-9-18-15(11-17)5-8-19(18)22(34)32(24(36)37)13-21(33)31-10-2-3-14-4-6-16(12-20(14)31)25(26,27)28/h4,6-7,9,11-12,19H,2-3,5,8,10,13H2,1H3,(H,36,37)(H2,29,30,35). The van der Waals surface area contributed by atoms with E-state index in [0.29, 0.717) is 47.4 Å². The second-order valence-corrected chi connectivity index (χ2v) is 8.91. The quantitative estimate of drug-likeness (QED) is 0.566. The predicted octanol–water partition coefficient (Wildman–Crippen LogP) is 3.97. The van der Waals surface area contributed by atoms with Crippen LogP contribution in [-0.4, -0.2) is 54.1 Å². The van der Waals surface area contributed by atoms with Crippen LogP contribution in [0.2, 0.25) is 0 Å². The molecule has 1 heterocycles. The van der Waals surface area contributed by atoms with Crippen LogP contribution in [0.15, 0.2) is 36.4 Å². The molecular weight excluding hydrogens is 493 g/mol. The number of imide groups is 1. The molecule has 9 nitrogen and oxygen atoms in total. The van der Waals surface area contributed by atoms with Crippen molar-refractivity contribution in [3.63, 3.8) is 0 Å². The van der Waals surface area contributed by atoms with E-state index >= 15 is 0 Å². The van der Waals surface area contributed by atoms with Gasteiger partial charge in [0.1, 0.15) is 6.54 Å². The lowest BCUT2D eigenvalue weighted by molar-refractivity contribution is -0.137. The number of hydrogen-bond acceptors (Lipinski definition) is 4. The number of anilines is 2. The summed E-state index contributed by atoms with van der Waals surface area (Å²) in [5.41, 5.74) is 1.60. The molecule has 0 radical (unpaired) electrons. The number of halogens is 3. The summed E-state index contributed by atoms with van der Waals surface area (Å²) in [6, 6.07) is 7.68. The van der Waals surface area contributed by atoms with Gasteiger partial charge in [-0.3, -0.25) is 9.59 Å². The van der Waals surface area contributed by atoms with Crippen molar-refractivity contribution >= 4 is 35.3 Å². The lowest BCUT2D eigenvalue weighted by Crippen LogP contribution is -2.48. The summed E-state index contributed by atoms with van der Waals surface area (Å²) < 4.78 is 39.7. The van der Waals surface area contributed by atoms with Crippen molar-refractivity contribution in [1.82, 2.24) is 10.2 Å². The summed E-state index contributed by atoms with van der Waals surface area (Å²) in [5, 5.41) is 14.8. The van der Waals surface area contributed by atoms with Crippen LogP contribution in [0.25, 0.3) is 0 Å². The van der Waals surface area contributed by atoms with Crippen LogP contribution < -0.4 is 15.5 Å². The van der Waals surface area contributed by atoms with Crippen LogP contribution in [0.1, 0.15) is 41.0 Å². The van der Waals surface area contributed by atoms with Crippen LogP contribution in [0.4, 0.5) is 34.1 Å². The minimum Gasteiger partial charge on any atom is -0.465 e. The number of aryl methyl sites for hydroxylation is 2. The zero-order valence-corrected chi connectivity index (χ0v) is 19.9. The highest BCUT2D eigenvalue weighted by atomic mass is 19.4. The second kappa shape index (κ2) is 10.1. The first-order valence-electron chi connectivity index (χ1n) is 11.7. The molecule has 0 saturated heterocycles. The largest absolute Gasteiger partial charge is 0.465 e. The van der Waals surface area contributed by atoms with E-state index in [0.717, 1.165) is 22.6 Å². The monoisotopic (exact) mass is 518 g/mol. The third-order valence-electron chi connectivity index (χ3n) is 6.63. The fraction of sp³-hybridized carbons (Fsp3) is 0.360. The van der Waals surface area contributed by atoms with Gasteiger partial charge in [0.15, 0.2) is 0 Å². The van der Waals surface area contributed by atoms with E-state index < -0.39 is 48.1 Å². The smallest absolute Gasteiger partial charge is 0.416 e. The van der Waals surface area contributed by atoms with E-state index in [9.17, 15) is 37.5 Å². The van der Waals surface area contributed by atoms with E-state index in [1.807, 2.05) is 0 Å². The van der Waals surface area contributed by atoms with Gasteiger partial charge in [-0.25, -0.2) is 14.5 Å². The number of carbonyl (C=O) groups is 4. The fourth-order valence-electron chi connectivity index (χ4n) is 4.80. The number of alkyl halides is 3. The van der Waals surface area contributed by atoms with Gasteiger partial charge in [0.25, 0.3) is 0 Å². The number of rotatable bonds is 4. The number of amides is 5. The Kier molecular flexibility index (Phi) is 7.10. The molecule has 0 fully saturated rings. The van der Waals surface area contributed by atoms with E-state index in [1.165, 1.54) is 13.1 Å². The third kappa shape index (κ3) is 5.37. The number of fused-ring (bicyclic) bond motifs is 2. The Labute approximate surface area is 210 Å². The van der Waals surface area contributed by atoms with Crippen LogP contribution in [0, 0.1) is 0 Å². The van der Waals surface area contributed by atoms with E-state index in [1.54, 1.807) is 18.2 Å². The van der Waals surface area contributed by atoms with Gasteiger partial charge in [-0.1, -0.05) is 12.1 Å². The maximum atomic E-state index is 13.3. The number of nitrogens with one attached hydrogen (secondary N) is 2. The predicted molar refractivity (Wildman–Crippen MR) is 127 cm³/mol. The molecule has 1 atom stereocenters. The van der Waals surface area contributed by atoms with Crippen molar-refractivity contribution in [2.45, 2.75) is 37.8 Å². The highest BCUT2D eigenvalue weighted by Crippen LogP contribution is 2.37. The average Bonchev–Trinajstić information content (AvgIpc) is 3.28. The number of benzene rings is 2. The number of carbonyl (C=O) groups excluding carboxylic acids is 3. The Morgan fingerprint density at radius 1 is 1.08 bits per heavy atom. The Hall–Kier alpha value is -4.09. The zero-order valence-electron chi connectivity index (χ0n) is 19.9. The number of urea groups is 1. The highest BCUT2D eigenvalue weighted by molar-refractivity contribution is 6.03. The summed E-state index contributed by atoms with van der Waals surface area (Å²) in [7, 11) is 1.47. The van der Waals surface area contributed by atoms with Crippen LogP contribution in [0.5, 0.6) is 0 Å². The molecule has 2 aromatic rings. The van der Waals surface area contributed by atoms with Crippen molar-refractivity contribution in [2.75, 3.05) is 30.4 Å². The van der Waals surface area contributed by atoms with Crippen LogP contribution in [0.3, 0.4) is 0 Å². The van der Waals surface area contributed by atoms with Gasteiger partial charge in [0.2, 0.25) is 11.8 Å². The van der Waals surface area contributed by atoms with E-state index in [2.05, 4.69) is 10.6 Å². The summed E-state index contributed by atoms with van der Waals surface area (Å²) in [6.45, 7) is -0.700. The normalized spacial score (nSPS) is 16.4. The number of nitrogens with zero attached hydrogens (tertiary/aromatic N) is 2. The van der Waals surface area contributed by atoms with Gasteiger partial charge in [-0.05, 0) is 66.6 Å². The SMILES string of the molecule is CNC(=O)Nc1ccc2c(c1)CCC2C(=O)N(CC(=O)N1CCCc2ccc(C(F)(F)F)cc21)C(=O)O. The molecule has 0 spiro atoms. The molecule has 12 heteroatoms. The van der Waals surface area contributed by atoms with E-state index in [4.69, 9.17) is 0 Å². The molecule has 3 N–H and O–H groups in total. The minimum absolute atomic E-state index is 0.0752. The van der Waals surface area contributed by atoms with Crippen molar-refractivity contribution in [3.05, 3.63) is 58.7 Å². The molecule has 0 aromatic heterocycles. The van der Waals surface area contributed by atoms with Gasteiger partial charge in [-0.15, -0.1) is 0 Å². The van der Waals surface area contributed by atoms with Crippen molar-refractivity contribution in [2.24, 2.45) is 0 Å². The van der Waals surface area contributed by atoms with Gasteiger partial charge < -0.3 is 20.6 Å². The maximum absolute atomic E-state index is 13.3. The van der Waals surface area contributed by atoms with Gasteiger partial charge in [-0.2, -0.15) is 13.2 Å². The zero-order chi connectivity index (χ0) is 26.9. The topological polar surface area (TPSA) is 119 Å². The molecule has 2 aromatic carbocycles. The molecule has 1 aliphatic carbocycles. The lowest BCUT2D eigenvalue weighted by Gasteiger charge is -2.32. The summed E-state index contributed by atoms with van der Waals surface area (Å²) >= 11 is 0. The first-order chi connectivity index (χ1) is 17.5. The minimum atomic E-state index is -4.60. The molecule has 4 rings (SSSR count). The molecule has 1 aliphatic heterocycles. The third-order valence-corrected chi connectivity index (χ3v) is 6.63. The molecular formula is C25H25F3N4O5. The summed E-state index contributed by atoms with van der Waals surface area (Å²) in [5.74, 6) is -2.37. The van der Waals surface area contributed by atoms with Gasteiger partial charge in [0, 0.05) is 25.0 Å². The van der Waals surface area contributed by atoms with Gasteiger partial charge >= 0.3 is 18.3 Å². The maximum Gasteiger partial charge on any atom is 0.416 e. The fourth-order valence-corrected chi connectivity index (χ4v) is 4.80. The number of carboxylic acid groups (broad SMARTS) is 1. The molecule has 1 unspecified atom stereocenters. The highest BCUT2D eigenvalue weighted by Gasteiger charge is 2.38. The van der Waals surface area contributed by atoms with Gasteiger partial charge in [0.05, 0.1) is 11.5 Å². The van der Waals surface area contributed by atoms with Crippen molar-refractivity contribution in [3.8, 4) is 0 Å². The molecule has 0 saturated carbocycles. The Morgan fingerprint density at radius 3 is 2.51 bits per heavy atom. The summed E-state index contributed by atoms with van der Waals surface area (Å²) in [4.78, 5) is 51.5. The first kappa shape index (κ1) is 26.0. The molecule has 196 valence electrons. The van der Waals surface area contributed by atoms with Crippen LogP contribution >= 0.6 is 0 Å². The van der Waals surface area contributed by atoms with Crippen LogP contribution in [-0.2, 0) is 28.6 Å². The van der Waals surface area contributed by atoms with E-state index in [-0.39, 0.29) is 12.2 Å². The Bertz CT molecular complexity index is 1260. The average molecular weight is 518 g/mol. The Balaban J connectivity index is 1.54. The molecule has 37 heavy (non-hydrogen) atoms. The first-order valence-corrected chi connectivity index (χ1v) is 11.7. The molecule has 5 amide bonds. The molecule has 0 bridgehead atoms. The summed E-state index contributed by atoms with van der Waals surface area (Å²) in [6.07, 6.45) is -4.46. The number of hydrogen-bond donors (Lipinski definition) is 3. The lowest BCUT2D eigenvalue weighted by atomic mass is 9.98.